The number of ether oxygens (including phenoxy) is 1. The van der Waals surface area contributed by atoms with Gasteiger partial charge in [-0.3, -0.25) is 0 Å². The number of rotatable bonds is 3. The van der Waals surface area contributed by atoms with Gasteiger partial charge in [-0.2, -0.15) is 4.98 Å². The van der Waals surface area contributed by atoms with Crippen molar-refractivity contribution in [3.63, 3.8) is 0 Å². The number of methoxy groups -OCH3 is 1. The van der Waals surface area contributed by atoms with Crippen LogP contribution < -0.4 is 10.1 Å². The lowest BCUT2D eigenvalue weighted by Crippen LogP contribution is -2.30. The molecule has 116 valence electrons. The summed E-state index contributed by atoms with van der Waals surface area (Å²) in [5, 5.41) is 7.81. The van der Waals surface area contributed by atoms with Gasteiger partial charge in [0.2, 0.25) is 11.7 Å². The van der Waals surface area contributed by atoms with Crippen molar-refractivity contribution in [3.8, 4) is 17.1 Å². The molecule has 2 aromatic rings. The molecule has 1 aromatic carbocycles. The zero-order valence-electron chi connectivity index (χ0n) is 12.8. The molecule has 0 bridgehead atoms. The predicted octanol–water partition coefficient (Wildman–Crippen LogP) is 3.34. The molecule has 1 aliphatic carbocycles. The minimum absolute atomic E-state index is 0.215. The van der Waals surface area contributed by atoms with Gasteiger partial charge in [0.1, 0.15) is 5.75 Å². The summed E-state index contributed by atoms with van der Waals surface area (Å²) >= 11 is 0. The van der Waals surface area contributed by atoms with E-state index in [-0.39, 0.29) is 6.04 Å². The summed E-state index contributed by atoms with van der Waals surface area (Å²) in [6, 6.07) is 8.58. The number of hydrogen-bond acceptors (Lipinski definition) is 5. The fraction of sp³-hybridized carbons (Fsp3) is 0.529. The van der Waals surface area contributed by atoms with Crippen molar-refractivity contribution >= 4 is 0 Å². The van der Waals surface area contributed by atoms with Crippen LogP contribution in [0.5, 0.6) is 5.75 Å². The Balaban J connectivity index is 1.51. The van der Waals surface area contributed by atoms with Crippen LogP contribution in [0.2, 0.25) is 0 Å². The second-order valence-electron chi connectivity index (χ2n) is 6.29. The normalized spacial score (nSPS) is 27.6. The third-order valence-corrected chi connectivity index (χ3v) is 4.95. The summed E-state index contributed by atoms with van der Waals surface area (Å²) in [5.74, 6) is 2.97. The Hall–Kier alpha value is -1.88. The fourth-order valence-corrected chi connectivity index (χ4v) is 3.74. The molecular formula is C17H21N3O2. The summed E-state index contributed by atoms with van der Waals surface area (Å²) in [4.78, 5) is 4.59. The van der Waals surface area contributed by atoms with E-state index >= 15 is 0 Å². The number of nitrogens with zero attached hydrogens (tertiary/aromatic N) is 2. The molecule has 1 saturated heterocycles. The van der Waals surface area contributed by atoms with Crippen molar-refractivity contribution in [1.82, 2.24) is 15.5 Å². The maximum atomic E-state index is 5.51. The highest BCUT2D eigenvalue weighted by atomic mass is 16.5. The summed E-state index contributed by atoms with van der Waals surface area (Å²) in [7, 11) is 1.66. The van der Waals surface area contributed by atoms with Crippen LogP contribution in [-0.2, 0) is 0 Å². The van der Waals surface area contributed by atoms with E-state index in [4.69, 9.17) is 9.26 Å². The molecule has 1 saturated carbocycles. The van der Waals surface area contributed by atoms with Crippen LogP contribution in [0.15, 0.2) is 28.8 Å². The van der Waals surface area contributed by atoms with Crippen LogP contribution in [-0.4, -0.2) is 23.3 Å². The third kappa shape index (κ3) is 2.50. The Kier molecular flexibility index (Phi) is 3.58. The van der Waals surface area contributed by atoms with E-state index in [0.717, 1.165) is 29.5 Å². The van der Waals surface area contributed by atoms with Crippen LogP contribution in [0.3, 0.4) is 0 Å². The molecule has 1 N–H and O–H groups in total. The van der Waals surface area contributed by atoms with Crippen molar-refractivity contribution < 1.29 is 9.26 Å². The Morgan fingerprint density at radius 1 is 1.18 bits per heavy atom. The molecule has 22 heavy (non-hydrogen) atoms. The van der Waals surface area contributed by atoms with Crippen LogP contribution >= 0.6 is 0 Å². The van der Waals surface area contributed by atoms with Gasteiger partial charge in [0, 0.05) is 11.6 Å². The zero-order chi connectivity index (χ0) is 14.9. The third-order valence-electron chi connectivity index (χ3n) is 4.95. The molecule has 5 nitrogen and oxygen atoms in total. The van der Waals surface area contributed by atoms with Crippen LogP contribution in [0.4, 0.5) is 0 Å². The first-order valence-electron chi connectivity index (χ1n) is 8.07. The summed E-state index contributed by atoms with van der Waals surface area (Å²) in [6.07, 6.45) is 6.42. The Morgan fingerprint density at radius 3 is 2.77 bits per heavy atom. The molecule has 0 spiro atoms. The molecule has 4 rings (SSSR count). The van der Waals surface area contributed by atoms with Gasteiger partial charge in [0.05, 0.1) is 13.2 Å². The van der Waals surface area contributed by atoms with Gasteiger partial charge in [-0.05, 0) is 49.4 Å². The molecule has 3 atom stereocenters. The SMILES string of the molecule is COc1ccc(-c2noc(C3CC4CCCCC4N3)n2)cc1. The topological polar surface area (TPSA) is 60.2 Å². The second kappa shape index (κ2) is 5.72. The molecule has 2 fully saturated rings. The average Bonchev–Trinajstić information content (AvgIpc) is 3.21. The largest absolute Gasteiger partial charge is 0.497 e. The first-order valence-corrected chi connectivity index (χ1v) is 8.07. The lowest BCUT2D eigenvalue weighted by atomic mass is 9.85. The Bertz CT molecular complexity index is 624. The van der Waals surface area contributed by atoms with Crippen molar-refractivity contribution in [1.29, 1.82) is 0 Å². The highest BCUT2D eigenvalue weighted by molar-refractivity contribution is 5.55. The molecule has 3 unspecified atom stereocenters. The van der Waals surface area contributed by atoms with E-state index < -0.39 is 0 Å². The van der Waals surface area contributed by atoms with Gasteiger partial charge in [0.15, 0.2) is 0 Å². The first kappa shape index (κ1) is 13.8. The summed E-state index contributed by atoms with van der Waals surface area (Å²) in [6.45, 7) is 0. The molecule has 2 heterocycles. The highest BCUT2D eigenvalue weighted by Gasteiger charge is 2.38. The molecule has 1 aliphatic heterocycles. The van der Waals surface area contributed by atoms with E-state index in [1.165, 1.54) is 25.7 Å². The van der Waals surface area contributed by atoms with Crippen molar-refractivity contribution in [3.05, 3.63) is 30.2 Å². The highest BCUT2D eigenvalue weighted by Crippen LogP contribution is 2.38. The predicted molar refractivity (Wildman–Crippen MR) is 82.5 cm³/mol. The number of nitrogens with one attached hydrogen (secondary N) is 1. The molecule has 0 radical (unpaired) electrons. The first-order chi connectivity index (χ1) is 10.8. The molecule has 0 amide bonds. The number of fused-ring (bicyclic) bond motifs is 1. The Morgan fingerprint density at radius 2 is 2.00 bits per heavy atom. The average molecular weight is 299 g/mol. The summed E-state index contributed by atoms with van der Waals surface area (Å²) in [5.41, 5.74) is 0.950. The monoisotopic (exact) mass is 299 g/mol. The number of hydrogen-bond donors (Lipinski definition) is 1. The minimum atomic E-state index is 0.215. The Labute approximate surface area is 130 Å². The standard InChI is InChI=1S/C17H21N3O2/c1-21-13-8-6-11(7-9-13)16-19-17(22-20-16)15-10-12-4-2-3-5-14(12)18-15/h6-9,12,14-15,18H,2-5,10H2,1H3. The van der Waals surface area contributed by atoms with Crippen LogP contribution in [0.1, 0.15) is 44.0 Å². The molecule has 5 heteroatoms. The van der Waals surface area contributed by atoms with Gasteiger partial charge in [-0.1, -0.05) is 18.0 Å². The zero-order valence-corrected chi connectivity index (χ0v) is 12.8. The van der Waals surface area contributed by atoms with Crippen LogP contribution in [0.25, 0.3) is 11.4 Å². The smallest absolute Gasteiger partial charge is 0.244 e. The molecular weight excluding hydrogens is 278 g/mol. The van der Waals surface area contributed by atoms with E-state index in [9.17, 15) is 0 Å². The van der Waals surface area contributed by atoms with Crippen molar-refractivity contribution in [2.45, 2.75) is 44.2 Å². The quantitative estimate of drug-likeness (QED) is 0.942. The van der Waals surface area contributed by atoms with Gasteiger partial charge in [-0.25, -0.2) is 0 Å². The van der Waals surface area contributed by atoms with E-state index in [0.29, 0.717) is 11.9 Å². The van der Waals surface area contributed by atoms with Crippen LogP contribution in [0, 0.1) is 5.92 Å². The van der Waals surface area contributed by atoms with E-state index in [1.807, 2.05) is 24.3 Å². The van der Waals surface area contributed by atoms with Gasteiger partial charge in [0.25, 0.3) is 0 Å². The maximum absolute atomic E-state index is 5.51. The second-order valence-corrected chi connectivity index (χ2v) is 6.29. The van der Waals surface area contributed by atoms with Gasteiger partial charge in [-0.15, -0.1) is 0 Å². The number of benzene rings is 1. The van der Waals surface area contributed by atoms with Crippen molar-refractivity contribution in [2.75, 3.05) is 7.11 Å². The lowest BCUT2D eigenvalue weighted by molar-refractivity contribution is 0.324. The minimum Gasteiger partial charge on any atom is -0.497 e. The maximum Gasteiger partial charge on any atom is 0.244 e. The molecule has 1 aromatic heterocycles. The summed E-state index contributed by atoms with van der Waals surface area (Å²) < 4.78 is 10.7. The van der Waals surface area contributed by atoms with Gasteiger partial charge >= 0.3 is 0 Å². The van der Waals surface area contributed by atoms with E-state index in [2.05, 4.69) is 15.5 Å². The fourth-order valence-electron chi connectivity index (χ4n) is 3.74. The van der Waals surface area contributed by atoms with E-state index in [1.54, 1.807) is 7.11 Å². The number of aromatic nitrogens is 2. The van der Waals surface area contributed by atoms with Gasteiger partial charge < -0.3 is 14.6 Å². The van der Waals surface area contributed by atoms with Crippen molar-refractivity contribution in [2.24, 2.45) is 5.92 Å². The molecule has 2 aliphatic rings. The lowest BCUT2D eigenvalue weighted by Gasteiger charge is -2.24.